The first-order valence-corrected chi connectivity index (χ1v) is 8.68. The first kappa shape index (κ1) is 17.0. The van der Waals surface area contributed by atoms with Gasteiger partial charge < -0.3 is 24.8 Å². The maximum Gasteiger partial charge on any atom is 0.240 e. The van der Waals surface area contributed by atoms with Gasteiger partial charge >= 0.3 is 0 Å². The van der Waals surface area contributed by atoms with E-state index in [1.54, 1.807) is 7.11 Å². The van der Waals surface area contributed by atoms with Gasteiger partial charge in [-0.05, 0) is 56.5 Å². The molecule has 1 amide bonds. The van der Waals surface area contributed by atoms with Crippen molar-refractivity contribution in [2.45, 2.75) is 43.9 Å². The molecule has 1 unspecified atom stereocenters. The molecule has 2 aliphatic rings. The van der Waals surface area contributed by atoms with Crippen LogP contribution in [0.1, 0.15) is 25.7 Å². The normalized spacial score (nSPS) is 24.8. The molecule has 1 aromatic rings. The van der Waals surface area contributed by atoms with Gasteiger partial charge in [-0.2, -0.15) is 0 Å². The van der Waals surface area contributed by atoms with Gasteiger partial charge in [0.2, 0.25) is 5.91 Å². The van der Waals surface area contributed by atoms with E-state index >= 15 is 0 Å². The molecule has 2 heterocycles. The fourth-order valence-corrected chi connectivity index (χ4v) is 3.53. The predicted molar refractivity (Wildman–Crippen MR) is 90.3 cm³/mol. The SMILES string of the molecule is COc1ccc(OCC(O)[C@@H]2CCCN2C(=O)[C@@H]2CCCN2)cc1. The molecule has 24 heavy (non-hydrogen) atoms. The van der Waals surface area contributed by atoms with E-state index in [0.717, 1.165) is 44.5 Å². The summed E-state index contributed by atoms with van der Waals surface area (Å²) in [6, 6.07) is 7.02. The number of rotatable bonds is 6. The summed E-state index contributed by atoms with van der Waals surface area (Å²) in [5.41, 5.74) is 0. The summed E-state index contributed by atoms with van der Waals surface area (Å²) in [5.74, 6) is 1.57. The van der Waals surface area contributed by atoms with Crippen molar-refractivity contribution in [3.8, 4) is 11.5 Å². The summed E-state index contributed by atoms with van der Waals surface area (Å²) >= 11 is 0. The summed E-state index contributed by atoms with van der Waals surface area (Å²) in [6.45, 7) is 1.80. The highest BCUT2D eigenvalue weighted by atomic mass is 16.5. The second kappa shape index (κ2) is 7.85. The molecule has 0 spiro atoms. The smallest absolute Gasteiger partial charge is 0.240 e. The number of nitrogens with zero attached hydrogens (tertiary/aromatic N) is 1. The van der Waals surface area contributed by atoms with Crippen molar-refractivity contribution in [1.29, 1.82) is 0 Å². The molecule has 0 radical (unpaired) electrons. The van der Waals surface area contributed by atoms with Crippen molar-refractivity contribution >= 4 is 5.91 Å². The number of amides is 1. The maximum absolute atomic E-state index is 12.6. The Balaban J connectivity index is 1.54. The van der Waals surface area contributed by atoms with Gasteiger partial charge in [-0.3, -0.25) is 4.79 Å². The van der Waals surface area contributed by atoms with Crippen molar-refractivity contribution in [3.05, 3.63) is 24.3 Å². The summed E-state index contributed by atoms with van der Waals surface area (Å²) in [4.78, 5) is 14.4. The van der Waals surface area contributed by atoms with Crippen LogP contribution in [0.5, 0.6) is 11.5 Å². The van der Waals surface area contributed by atoms with Crippen LogP contribution in [0.15, 0.2) is 24.3 Å². The minimum atomic E-state index is -0.681. The van der Waals surface area contributed by atoms with Crippen molar-refractivity contribution in [3.63, 3.8) is 0 Å². The van der Waals surface area contributed by atoms with Crippen molar-refractivity contribution in [2.24, 2.45) is 0 Å². The van der Waals surface area contributed by atoms with Crippen LogP contribution >= 0.6 is 0 Å². The largest absolute Gasteiger partial charge is 0.497 e. The van der Waals surface area contributed by atoms with Crippen LogP contribution in [0.25, 0.3) is 0 Å². The molecule has 6 heteroatoms. The Morgan fingerprint density at radius 2 is 2.04 bits per heavy atom. The first-order valence-electron chi connectivity index (χ1n) is 8.68. The number of carbonyl (C=O) groups excluding carboxylic acids is 1. The Kier molecular flexibility index (Phi) is 5.58. The molecule has 3 rings (SSSR count). The highest BCUT2D eigenvalue weighted by Crippen LogP contribution is 2.24. The predicted octanol–water partition coefficient (Wildman–Crippen LogP) is 1.18. The van der Waals surface area contributed by atoms with Crippen LogP contribution in [0.3, 0.4) is 0 Å². The number of ether oxygens (including phenoxy) is 2. The van der Waals surface area contributed by atoms with E-state index in [1.165, 1.54) is 0 Å². The molecule has 2 aliphatic heterocycles. The Morgan fingerprint density at radius 1 is 1.29 bits per heavy atom. The molecule has 3 atom stereocenters. The van der Waals surface area contributed by atoms with Crippen LogP contribution in [0.2, 0.25) is 0 Å². The van der Waals surface area contributed by atoms with Crippen LogP contribution < -0.4 is 14.8 Å². The number of benzene rings is 1. The number of methoxy groups -OCH3 is 1. The average molecular weight is 334 g/mol. The number of likely N-dealkylation sites (tertiary alicyclic amines) is 1. The highest BCUT2D eigenvalue weighted by molar-refractivity contribution is 5.82. The van der Waals surface area contributed by atoms with E-state index in [0.29, 0.717) is 5.75 Å². The molecule has 2 saturated heterocycles. The number of carbonyl (C=O) groups is 1. The molecule has 2 N–H and O–H groups in total. The maximum atomic E-state index is 12.6. The van der Waals surface area contributed by atoms with E-state index in [9.17, 15) is 9.90 Å². The van der Waals surface area contributed by atoms with Gasteiger partial charge in [0, 0.05) is 6.54 Å². The molecule has 2 fully saturated rings. The van der Waals surface area contributed by atoms with Gasteiger partial charge in [0.05, 0.1) is 19.2 Å². The minimum Gasteiger partial charge on any atom is -0.497 e. The number of aliphatic hydroxyl groups excluding tert-OH is 1. The zero-order valence-corrected chi connectivity index (χ0v) is 14.1. The van der Waals surface area contributed by atoms with Gasteiger partial charge in [-0.15, -0.1) is 0 Å². The Bertz CT molecular complexity index is 542. The molecular formula is C18H26N2O4. The van der Waals surface area contributed by atoms with E-state index in [-0.39, 0.29) is 24.6 Å². The Morgan fingerprint density at radius 3 is 2.71 bits per heavy atom. The zero-order valence-electron chi connectivity index (χ0n) is 14.1. The van der Waals surface area contributed by atoms with Crippen molar-refractivity contribution < 1.29 is 19.4 Å². The first-order chi connectivity index (χ1) is 11.7. The van der Waals surface area contributed by atoms with Gasteiger partial charge in [-0.25, -0.2) is 0 Å². The molecule has 132 valence electrons. The average Bonchev–Trinajstić information content (AvgIpc) is 3.31. The summed E-state index contributed by atoms with van der Waals surface area (Å²) < 4.78 is 10.8. The molecule has 0 bridgehead atoms. The highest BCUT2D eigenvalue weighted by Gasteiger charge is 2.37. The third kappa shape index (κ3) is 3.82. The Hall–Kier alpha value is -1.79. The van der Waals surface area contributed by atoms with Gasteiger partial charge in [0.25, 0.3) is 0 Å². The Labute approximate surface area is 142 Å². The van der Waals surface area contributed by atoms with Gasteiger partial charge in [-0.1, -0.05) is 0 Å². The third-order valence-corrected chi connectivity index (χ3v) is 4.87. The van der Waals surface area contributed by atoms with E-state index in [2.05, 4.69) is 5.32 Å². The van der Waals surface area contributed by atoms with Crippen molar-refractivity contribution in [1.82, 2.24) is 10.2 Å². The molecule has 1 aromatic carbocycles. The van der Waals surface area contributed by atoms with E-state index < -0.39 is 6.10 Å². The molecule has 0 aromatic heterocycles. The topological polar surface area (TPSA) is 71.0 Å². The quantitative estimate of drug-likeness (QED) is 0.817. The lowest BCUT2D eigenvalue weighted by molar-refractivity contribution is -0.136. The van der Waals surface area contributed by atoms with Crippen LogP contribution in [-0.2, 0) is 4.79 Å². The van der Waals surface area contributed by atoms with Crippen LogP contribution in [-0.4, -0.2) is 60.9 Å². The molecular weight excluding hydrogens is 308 g/mol. The van der Waals surface area contributed by atoms with Crippen molar-refractivity contribution in [2.75, 3.05) is 26.8 Å². The monoisotopic (exact) mass is 334 g/mol. The number of aliphatic hydroxyl groups is 1. The fourth-order valence-electron chi connectivity index (χ4n) is 3.53. The summed E-state index contributed by atoms with van der Waals surface area (Å²) in [5, 5.41) is 13.8. The van der Waals surface area contributed by atoms with Gasteiger partial charge in [0.15, 0.2) is 0 Å². The number of hydrogen-bond donors (Lipinski definition) is 2. The second-order valence-corrected chi connectivity index (χ2v) is 6.44. The zero-order chi connectivity index (χ0) is 16.9. The second-order valence-electron chi connectivity index (χ2n) is 6.44. The standard InChI is InChI=1S/C18H26N2O4/c1-23-13-6-8-14(9-7-13)24-12-17(21)16-5-3-11-20(16)18(22)15-4-2-10-19-15/h6-9,15-17,19,21H,2-5,10-12H2,1H3/t15-,16-,17?/m0/s1. The van der Waals surface area contributed by atoms with Gasteiger partial charge in [0.1, 0.15) is 24.2 Å². The summed E-state index contributed by atoms with van der Waals surface area (Å²) in [7, 11) is 1.62. The molecule has 0 aliphatic carbocycles. The lowest BCUT2D eigenvalue weighted by Gasteiger charge is -2.30. The van der Waals surface area contributed by atoms with E-state index in [4.69, 9.17) is 9.47 Å². The number of hydrogen-bond acceptors (Lipinski definition) is 5. The fraction of sp³-hybridized carbons (Fsp3) is 0.611. The third-order valence-electron chi connectivity index (χ3n) is 4.87. The molecule has 6 nitrogen and oxygen atoms in total. The number of nitrogens with one attached hydrogen (secondary N) is 1. The van der Waals surface area contributed by atoms with E-state index in [1.807, 2.05) is 29.2 Å². The minimum absolute atomic E-state index is 0.0830. The van der Waals surface area contributed by atoms with Crippen LogP contribution in [0.4, 0.5) is 0 Å². The lowest BCUT2D eigenvalue weighted by Crippen LogP contribution is -2.50. The lowest BCUT2D eigenvalue weighted by atomic mass is 10.1. The molecule has 0 saturated carbocycles. The van der Waals surface area contributed by atoms with Crippen LogP contribution in [0, 0.1) is 0 Å². The summed E-state index contributed by atoms with van der Waals surface area (Å²) in [6.07, 6.45) is 3.01.